The summed E-state index contributed by atoms with van der Waals surface area (Å²) in [5.41, 5.74) is 0.672. The summed E-state index contributed by atoms with van der Waals surface area (Å²) < 4.78 is 0. The minimum atomic E-state index is -0.484. The Bertz CT molecular complexity index is 639. The molecule has 27 heavy (non-hydrogen) atoms. The number of hydrogen-bond donors (Lipinski definition) is 1. The Labute approximate surface area is 164 Å². The van der Waals surface area contributed by atoms with E-state index in [1.54, 1.807) is 0 Å². The normalized spacial score (nSPS) is 20.3. The van der Waals surface area contributed by atoms with E-state index in [4.69, 9.17) is 0 Å². The van der Waals surface area contributed by atoms with Crippen molar-refractivity contribution in [1.29, 1.82) is 0 Å². The van der Waals surface area contributed by atoms with Gasteiger partial charge in [-0.2, -0.15) is 0 Å². The summed E-state index contributed by atoms with van der Waals surface area (Å²) in [6, 6.07) is 10.1. The third-order valence-electron chi connectivity index (χ3n) is 5.68. The summed E-state index contributed by atoms with van der Waals surface area (Å²) in [6.45, 7) is 10.8. The van der Waals surface area contributed by atoms with Gasteiger partial charge in [0, 0.05) is 31.0 Å². The number of amides is 2. The van der Waals surface area contributed by atoms with Crippen LogP contribution in [0.25, 0.3) is 0 Å². The fourth-order valence-corrected chi connectivity index (χ4v) is 3.70. The predicted molar refractivity (Wildman–Crippen MR) is 110 cm³/mol. The van der Waals surface area contributed by atoms with Crippen molar-refractivity contribution in [3.05, 3.63) is 35.9 Å². The molecule has 0 saturated heterocycles. The van der Waals surface area contributed by atoms with Gasteiger partial charge in [0.15, 0.2) is 0 Å². The lowest BCUT2D eigenvalue weighted by Gasteiger charge is -2.28. The van der Waals surface area contributed by atoms with Gasteiger partial charge in [0.1, 0.15) is 0 Å². The molecule has 0 aliphatic heterocycles. The zero-order chi connectivity index (χ0) is 20.2. The molecule has 4 heteroatoms. The van der Waals surface area contributed by atoms with Crippen LogP contribution in [0.3, 0.4) is 0 Å². The number of benzene rings is 1. The molecule has 2 rings (SSSR count). The summed E-state index contributed by atoms with van der Waals surface area (Å²) >= 11 is 0. The van der Waals surface area contributed by atoms with Crippen molar-refractivity contribution >= 4 is 11.8 Å². The molecule has 150 valence electrons. The molecule has 1 unspecified atom stereocenters. The molecule has 0 heterocycles. The van der Waals surface area contributed by atoms with Gasteiger partial charge in [-0.15, -0.1) is 0 Å². The summed E-state index contributed by atoms with van der Waals surface area (Å²) in [5.74, 6) is 1.63. The number of likely N-dealkylation sites (N-methyl/N-ethyl adjacent to an activating group) is 1. The first-order chi connectivity index (χ1) is 12.6. The highest BCUT2D eigenvalue weighted by atomic mass is 16.2. The van der Waals surface area contributed by atoms with Gasteiger partial charge in [0.25, 0.3) is 0 Å². The topological polar surface area (TPSA) is 49.4 Å². The highest BCUT2D eigenvalue weighted by Crippen LogP contribution is 2.44. The van der Waals surface area contributed by atoms with Crippen LogP contribution in [0, 0.1) is 23.2 Å². The molecule has 1 N–H and O–H groups in total. The molecule has 1 saturated carbocycles. The molecular formula is C23H36N2O2. The van der Waals surface area contributed by atoms with E-state index < -0.39 is 5.41 Å². The number of nitrogens with zero attached hydrogens (tertiary/aromatic N) is 1. The van der Waals surface area contributed by atoms with E-state index >= 15 is 0 Å². The largest absolute Gasteiger partial charge is 0.354 e. The van der Waals surface area contributed by atoms with Gasteiger partial charge in [0.05, 0.1) is 0 Å². The standard InChI is InChI=1S/C23H36N2O2/c1-16(2)12-19-13-20(19)21(26)25(6)17(3)15-24-22(27)23(4,5)14-18-10-8-7-9-11-18/h7-11,16-17,19-20H,12-15H2,1-6H3,(H,24,27)/t17?,19-,20-/m1/s1. The van der Waals surface area contributed by atoms with Crippen LogP contribution in [0.5, 0.6) is 0 Å². The highest BCUT2D eigenvalue weighted by molar-refractivity contribution is 5.83. The van der Waals surface area contributed by atoms with E-state index in [0.717, 1.165) is 18.4 Å². The van der Waals surface area contributed by atoms with Crippen LogP contribution in [-0.4, -0.2) is 36.3 Å². The lowest BCUT2D eigenvalue weighted by molar-refractivity contribution is -0.135. The molecule has 1 aromatic rings. The van der Waals surface area contributed by atoms with Crippen LogP contribution >= 0.6 is 0 Å². The first-order valence-corrected chi connectivity index (χ1v) is 10.2. The molecular weight excluding hydrogens is 336 g/mol. The zero-order valence-corrected chi connectivity index (χ0v) is 17.8. The van der Waals surface area contributed by atoms with E-state index in [1.165, 1.54) is 0 Å². The van der Waals surface area contributed by atoms with E-state index in [-0.39, 0.29) is 23.8 Å². The summed E-state index contributed by atoms with van der Waals surface area (Å²) in [7, 11) is 1.86. The Morgan fingerprint density at radius 3 is 2.41 bits per heavy atom. The number of hydrogen-bond acceptors (Lipinski definition) is 2. The third kappa shape index (κ3) is 6.08. The second kappa shape index (κ2) is 8.90. The molecule has 3 atom stereocenters. The molecule has 0 radical (unpaired) electrons. The fourth-order valence-electron chi connectivity index (χ4n) is 3.70. The molecule has 4 nitrogen and oxygen atoms in total. The van der Waals surface area contributed by atoms with Crippen LogP contribution in [0.4, 0.5) is 0 Å². The van der Waals surface area contributed by atoms with Gasteiger partial charge in [-0.3, -0.25) is 9.59 Å². The number of carbonyl (C=O) groups excluding carboxylic acids is 2. The van der Waals surface area contributed by atoms with Crippen molar-refractivity contribution in [2.75, 3.05) is 13.6 Å². The Morgan fingerprint density at radius 1 is 1.19 bits per heavy atom. The van der Waals surface area contributed by atoms with Crippen LogP contribution in [0.15, 0.2) is 30.3 Å². The zero-order valence-electron chi connectivity index (χ0n) is 17.8. The van der Waals surface area contributed by atoms with Gasteiger partial charge >= 0.3 is 0 Å². The molecule has 0 bridgehead atoms. The van der Waals surface area contributed by atoms with Crippen molar-refractivity contribution in [2.45, 2.75) is 59.9 Å². The minimum Gasteiger partial charge on any atom is -0.354 e. The Morgan fingerprint density at radius 2 is 1.81 bits per heavy atom. The third-order valence-corrected chi connectivity index (χ3v) is 5.68. The SMILES string of the molecule is CC(C)C[C@@H]1C[C@H]1C(=O)N(C)C(C)CNC(=O)C(C)(C)Cc1ccccc1. The van der Waals surface area contributed by atoms with Crippen LogP contribution in [0.2, 0.25) is 0 Å². The van der Waals surface area contributed by atoms with Gasteiger partial charge in [0.2, 0.25) is 11.8 Å². The smallest absolute Gasteiger partial charge is 0.226 e. The number of rotatable bonds is 9. The second-order valence-corrected chi connectivity index (χ2v) is 9.29. The number of carbonyl (C=O) groups is 2. The Hall–Kier alpha value is -1.84. The van der Waals surface area contributed by atoms with Gasteiger partial charge in [-0.05, 0) is 43.6 Å². The Balaban J connectivity index is 1.80. The Kier molecular flexibility index (Phi) is 7.07. The average molecular weight is 373 g/mol. The maximum Gasteiger partial charge on any atom is 0.226 e. The quantitative estimate of drug-likeness (QED) is 0.715. The number of nitrogens with one attached hydrogen (secondary N) is 1. The summed E-state index contributed by atoms with van der Waals surface area (Å²) in [4.78, 5) is 27.1. The van der Waals surface area contributed by atoms with Crippen LogP contribution in [-0.2, 0) is 16.0 Å². The van der Waals surface area contributed by atoms with Crippen molar-refractivity contribution in [3.63, 3.8) is 0 Å². The van der Waals surface area contributed by atoms with Crippen molar-refractivity contribution in [3.8, 4) is 0 Å². The van der Waals surface area contributed by atoms with Crippen LogP contribution in [0.1, 0.15) is 53.0 Å². The minimum absolute atomic E-state index is 0.00530. The summed E-state index contributed by atoms with van der Waals surface area (Å²) in [5, 5.41) is 3.05. The monoisotopic (exact) mass is 372 g/mol. The first kappa shape index (κ1) is 21.5. The van der Waals surface area contributed by atoms with Gasteiger partial charge in [-0.1, -0.05) is 58.0 Å². The van der Waals surface area contributed by atoms with E-state index in [9.17, 15) is 9.59 Å². The highest BCUT2D eigenvalue weighted by Gasteiger charge is 2.44. The maximum atomic E-state index is 12.7. The fraction of sp³-hybridized carbons (Fsp3) is 0.652. The molecule has 1 aliphatic rings. The predicted octanol–water partition coefficient (Wildman–Crippen LogP) is 3.90. The van der Waals surface area contributed by atoms with E-state index in [2.05, 4.69) is 19.2 Å². The molecule has 1 fully saturated rings. The van der Waals surface area contributed by atoms with Crippen molar-refractivity contribution < 1.29 is 9.59 Å². The summed E-state index contributed by atoms with van der Waals surface area (Å²) in [6.07, 6.45) is 2.84. The molecule has 1 aromatic carbocycles. The van der Waals surface area contributed by atoms with Gasteiger partial charge < -0.3 is 10.2 Å². The van der Waals surface area contributed by atoms with Crippen molar-refractivity contribution in [1.82, 2.24) is 10.2 Å². The van der Waals surface area contributed by atoms with Crippen molar-refractivity contribution in [2.24, 2.45) is 23.2 Å². The molecule has 2 amide bonds. The van der Waals surface area contributed by atoms with E-state index in [0.29, 0.717) is 24.8 Å². The first-order valence-electron chi connectivity index (χ1n) is 10.2. The van der Waals surface area contributed by atoms with Crippen LogP contribution < -0.4 is 5.32 Å². The lowest BCUT2D eigenvalue weighted by Crippen LogP contribution is -2.47. The lowest BCUT2D eigenvalue weighted by atomic mass is 9.85. The molecule has 0 spiro atoms. The maximum absolute atomic E-state index is 12.7. The molecule has 0 aromatic heterocycles. The second-order valence-electron chi connectivity index (χ2n) is 9.29. The average Bonchev–Trinajstić information content (AvgIpc) is 3.36. The molecule has 1 aliphatic carbocycles. The van der Waals surface area contributed by atoms with Gasteiger partial charge in [-0.25, -0.2) is 0 Å². The van der Waals surface area contributed by atoms with E-state index in [1.807, 2.05) is 63.1 Å².